The van der Waals surface area contributed by atoms with E-state index in [0.717, 1.165) is 18.9 Å². The predicted octanol–water partition coefficient (Wildman–Crippen LogP) is 2.25. The van der Waals surface area contributed by atoms with Crippen LogP contribution in [-0.4, -0.2) is 48.3 Å². The summed E-state index contributed by atoms with van der Waals surface area (Å²) in [5.41, 5.74) is 0. The Labute approximate surface area is 118 Å². The maximum absolute atomic E-state index is 10.0. The van der Waals surface area contributed by atoms with Crippen molar-refractivity contribution in [3.8, 4) is 0 Å². The summed E-state index contributed by atoms with van der Waals surface area (Å²) >= 11 is 0. The van der Waals surface area contributed by atoms with Gasteiger partial charge in [-0.3, -0.25) is 0 Å². The minimum absolute atomic E-state index is 0.0630. The van der Waals surface area contributed by atoms with E-state index in [1.807, 2.05) is 0 Å². The number of rotatable bonds is 5. The Bertz CT molecular complexity index is 259. The van der Waals surface area contributed by atoms with Crippen LogP contribution in [0.25, 0.3) is 0 Å². The molecule has 4 unspecified atom stereocenters. The smallest absolute Gasteiger partial charge is 0.0580 e. The van der Waals surface area contributed by atoms with Crippen molar-refractivity contribution in [1.82, 2.24) is 10.2 Å². The quantitative estimate of drug-likeness (QED) is 0.803. The summed E-state index contributed by atoms with van der Waals surface area (Å²) < 4.78 is 0. The third kappa shape index (κ3) is 4.44. The molecular formula is C16H32N2O. The Morgan fingerprint density at radius 1 is 1.21 bits per heavy atom. The molecule has 0 spiro atoms. The normalized spacial score (nSPS) is 35.2. The molecule has 0 amide bonds. The lowest BCUT2D eigenvalue weighted by Gasteiger charge is -2.36. The van der Waals surface area contributed by atoms with E-state index in [9.17, 15) is 5.11 Å². The number of piperidine rings is 1. The van der Waals surface area contributed by atoms with Gasteiger partial charge in [-0.25, -0.2) is 0 Å². The fourth-order valence-electron chi connectivity index (χ4n) is 3.72. The van der Waals surface area contributed by atoms with Gasteiger partial charge < -0.3 is 15.3 Å². The molecule has 0 aromatic rings. The number of hydrogen-bond donors (Lipinski definition) is 2. The molecular weight excluding hydrogens is 236 g/mol. The molecule has 1 saturated carbocycles. The second kappa shape index (κ2) is 7.61. The molecule has 1 heterocycles. The van der Waals surface area contributed by atoms with Crippen molar-refractivity contribution in [2.45, 2.75) is 64.5 Å². The first-order valence-electron chi connectivity index (χ1n) is 8.34. The Hall–Kier alpha value is -0.120. The van der Waals surface area contributed by atoms with Crippen molar-refractivity contribution in [2.75, 3.05) is 26.2 Å². The van der Waals surface area contributed by atoms with Crippen molar-refractivity contribution < 1.29 is 5.11 Å². The van der Waals surface area contributed by atoms with Crippen molar-refractivity contribution in [3.05, 3.63) is 0 Å². The van der Waals surface area contributed by atoms with Crippen LogP contribution in [-0.2, 0) is 0 Å². The topological polar surface area (TPSA) is 35.5 Å². The van der Waals surface area contributed by atoms with Crippen LogP contribution in [0.5, 0.6) is 0 Å². The van der Waals surface area contributed by atoms with Gasteiger partial charge in [0.2, 0.25) is 0 Å². The summed E-state index contributed by atoms with van der Waals surface area (Å²) in [4.78, 5) is 2.57. The zero-order valence-electron chi connectivity index (χ0n) is 12.8. The second-order valence-corrected chi connectivity index (χ2v) is 6.60. The van der Waals surface area contributed by atoms with Crippen LogP contribution in [0.15, 0.2) is 0 Å². The number of likely N-dealkylation sites (tertiary alicyclic amines) is 1. The van der Waals surface area contributed by atoms with Crippen molar-refractivity contribution in [2.24, 2.45) is 11.8 Å². The highest BCUT2D eigenvalue weighted by molar-refractivity contribution is 4.82. The number of aliphatic hydroxyl groups is 1. The highest BCUT2D eigenvalue weighted by Crippen LogP contribution is 2.25. The van der Waals surface area contributed by atoms with Crippen molar-refractivity contribution in [3.63, 3.8) is 0 Å². The van der Waals surface area contributed by atoms with Crippen LogP contribution < -0.4 is 5.32 Å². The summed E-state index contributed by atoms with van der Waals surface area (Å²) in [6.07, 6.45) is 7.35. The highest BCUT2D eigenvalue weighted by atomic mass is 16.3. The van der Waals surface area contributed by atoms with Gasteiger partial charge in [-0.2, -0.15) is 0 Å². The molecule has 19 heavy (non-hydrogen) atoms. The molecule has 1 aliphatic heterocycles. The molecule has 2 fully saturated rings. The first kappa shape index (κ1) is 15.3. The van der Waals surface area contributed by atoms with E-state index in [1.54, 1.807) is 0 Å². The Balaban J connectivity index is 1.72. The molecule has 1 saturated heterocycles. The molecule has 3 heteroatoms. The standard InChI is InChI=1S/C16H32N2O/c1-3-18-10-6-8-15(12-18)13(2)17-11-14-7-4-5-9-16(14)19/h13-17,19H,3-12H2,1-2H3. The van der Waals surface area contributed by atoms with E-state index in [-0.39, 0.29) is 6.10 Å². The van der Waals surface area contributed by atoms with Crippen LogP contribution in [0.3, 0.4) is 0 Å². The van der Waals surface area contributed by atoms with Crippen LogP contribution >= 0.6 is 0 Å². The first-order chi connectivity index (χ1) is 9.20. The molecule has 3 nitrogen and oxygen atoms in total. The van der Waals surface area contributed by atoms with E-state index >= 15 is 0 Å². The predicted molar refractivity (Wildman–Crippen MR) is 80.3 cm³/mol. The number of aliphatic hydroxyl groups excluding tert-OH is 1. The Kier molecular flexibility index (Phi) is 6.11. The maximum Gasteiger partial charge on any atom is 0.0580 e. The van der Waals surface area contributed by atoms with Gasteiger partial charge >= 0.3 is 0 Å². The van der Waals surface area contributed by atoms with Crippen LogP contribution in [0, 0.1) is 11.8 Å². The van der Waals surface area contributed by atoms with Gasteiger partial charge in [0.15, 0.2) is 0 Å². The average molecular weight is 268 g/mol. The van der Waals surface area contributed by atoms with Gasteiger partial charge in [0.1, 0.15) is 0 Å². The summed E-state index contributed by atoms with van der Waals surface area (Å²) in [6, 6.07) is 0.587. The second-order valence-electron chi connectivity index (χ2n) is 6.60. The molecule has 2 aliphatic rings. The molecule has 1 aliphatic carbocycles. The zero-order chi connectivity index (χ0) is 13.7. The molecule has 2 N–H and O–H groups in total. The van der Waals surface area contributed by atoms with Gasteiger partial charge in [-0.05, 0) is 57.5 Å². The number of hydrogen-bond acceptors (Lipinski definition) is 3. The summed E-state index contributed by atoms with van der Waals surface area (Å²) in [6.45, 7) is 9.31. The monoisotopic (exact) mass is 268 g/mol. The SMILES string of the molecule is CCN1CCCC(C(C)NCC2CCCCC2O)C1. The number of nitrogens with zero attached hydrogens (tertiary/aromatic N) is 1. The fourth-order valence-corrected chi connectivity index (χ4v) is 3.72. The fraction of sp³-hybridized carbons (Fsp3) is 1.00. The third-order valence-corrected chi connectivity index (χ3v) is 5.27. The van der Waals surface area contributed by atoms with Crippen molar-refractivity contribution >= 4 is 0 Å². The van der Waals surface area contributed by atoms with E-state index < -0.39 is 0 Å². The van der Waals surface area contributed by atoms with E-state index in [0.29, 0.717) is 12.0 Å². The van der Waals surface area contributed by atoms with Gasteiger partial charge in [-0.15, -0.1) is 0 Å². The largest absolute Gasteiger partial charge is 0.393 e. The first-order valence-corrected chi connectivity index (χ1v) is 8.34. The summed E-state index contributed by atoms with van der Waals surface area (Å²) in [7, 11) is 0. The Morgan fingerprint density at radius 3 is 2.74 bits per heavy atom. The average Bonchev–Trinajstić information content (AvgIpc) is 2.46. The van der Waals surface area contributed by atoms with Gasteiger partial charge in [0, 0.05) is 19.1 Å². The lowest BCUT2D eigenvalue weighted by molar-refractivity contribution is 0.0651. The van der Waals surface area contributed by atoms with Crippen LogP contribution in [0.1, 0.15) is 52.4 Å². The van der Waals surface area contributed by atoms with Crippen molar-refractivity contribution in [1.29, 1.82) is 0 Å². The van der Waals surface area contributed by atoms with E-state index in [4.69, 9.17) is 0 Å². The van der Waals surface area contributed by atoms with Crippen LogP contribution in [0.2, 0.25) is 0 Å². The number of nitrogens with one attached hydrogen (secondary N) is 1. The lowest BCUT2D eigenvalue weighted by Crippen LogP contribution is -2.46. The van der Waals surface area contributed by atoms with Crippen LogP contribution in [0.4, 0.5) is 0 Å². The molecule has 0 aromatic carbocycles. The highest BCUT2D eigenvalue weighted by Gasteiger charge is 2.26. The molecule has 0 radical (unpaired) electrons. The Morgan fingerprint density at radius 2 is 2.00 bits per heavy atom. The molecule has 2 rings (SSSR count). The lowest BCUT2D eigenvalue weighted by atomic mass is 9.85. The van der Waals surface area contributed by atoms with E-state index in [1.165, 1.54) is 51.7 Å². The third-order valence-electron chi connectivity index (χ3n) is 5.27. The molecule has 0 aromatic heterocycles. The maximum atomic E-state index is 10.0. The molecule has 112 valence electrons. The van der Waals surface area contributed by atoms with Gasteiger partial charge in [-0.1, -0.05) is 19.8 Å². The minimum Gasteiger partial charge on any atom is -0.393 e. The summed E-state index contributed by atoms with van der Waals surface area (Å²) in [5, 5.41) is 13.7. The van der Waals surface area contributed by atoms with Gasteiger partial charge in [0.05, 0.1) is 6.10 Å². The molecule has 4 atom stereocenters. The molecule has 0 bridgehead atoms. The van der Waals surface area contributed by atoms with Gasteiger partial charge in [0.25, 0.3) is 0 Å². The minimum atomic E-state index is -0.0630. The summed E-state index contributed by atoms with van der Waals surface area (Å²) in [5.74, 6) is 1.27. The van der Waals surface area contributed by atoms with E-state index in [2.05, 4.69) is 24.1 Å². The zero-order valence-corrected chi connectivity index (χ0v) is 12.8.